The number of ether oxygens (including phenoxy) is 1. The van der Waals surface area contributed by atoms with Crippen LogP contribution < -0.4 is 5.32 Å². The molecule has 1 unspecified atom stereocenters. The zero-order chi connectivity index (χ0) is 13.4. The van der Waals surface area contributed by atoms with Gasteiger partial charge in [0.15, 0.2) is 0 Å². The second-order valence-corrected chi connectivity index (χ2v) is 5.36. The fraction of sp³-hybridized carbons (Fsp3) is 0.933. The maximum absolute atomic E-state index is 11.6. The predicted octanol–water partition coefficient (Wildman–Crippen LogP) is 3.28. The van der Waals surface area contributed by atoms with Crippen LogP contribution in [0.25, 0.3) is 0 Å². The van der Waals surface area contributed by atoms with E-state index in [0.29, 0.717) is 18.7 Å². The molecule has 3 heteroatoms. The lowest BCUT2D eigenvalue weighted by Gasteiger charge is -2.31. The van der Waals surface area contributed by atoms with Crippen LogP contribution in [-0.4, -0.2) is 24.7 Å². The average molecular weight is 255 g/mol. The fourth-order valence-electron chi connectivity index (χ4n) is 2.84. The molecule has 0 saturated heterocycles. The Morgan fingerprint density at radius 1 is 1.22 bits per heavy atom. The first-order chi connectivity index (χ1) is 8.71. The first-order valence-corrected chi connectivity index (χ1v) is 7.63. The molecule has 0 radical (unpaired) electrons. The van der Waals surface area contributed by atoms with E-state index in [9.17, 15) is 4.79 Å². The van der Waals surface area contributed by atoms with Gasteiger partial charge >= 0.3 is 5.97 Å². The third-order valence-corrected chi connectivity index (χ3v) is 3.95. The molecule has 1 fully saturated rings. The molecule has 1 N–H and O–H groups in total. The molecule has 0 aromatic heterocycles. The third kappa shape index (κ3) is 4.97. The van der Waals surface area contributed by atoms with Crippen molar-refractivity contribution in [2.75, 3.05) is 6.61 Å². The smallest absolute Gasteiger partial charge is 0.308 e. The largest absolute Gasteiger partial charge is 0.466 e. The van der Waals surface area contributed by atoms with Crippen LogP contribution in [-0.2, 0) is 9.53 Å². The molecule has 1 aliphatic carbocycles. The third-order valence-electron chi connectivity index (χ3n) is 3.95. The minimum atomic E-state index is 0.0107. The molecule has 0 aromatic carbocycles. The highest BCUT2D eigenvalue weighted by Crippen LogP contribution is 2.26. The Balaban J connectivity index is 2.28. The lowest BCUT2D eigenvalue weighted by atomic mass is 9.85. The van der Waals surface area contributed by atoms with Crippen molar-refractivity contribution in [3.8, 4) is 0 Å². The first-order valence-electron chi connectivity index (χ1n) is 7.63. The number of esters is 1. The van der Waals surface area contributed by atoms with Crippen molar-refractivity contribution in [3.05, 3.63) is 0 Å². The Morgan fingerprint density at radius 3 is 2.39 bits per heavy atom. The van der Waals surface area contributed by atoms with E-state index in [2.05, 4.69) is 19.2 Å². The van der Waals surface area contributed by atoms with Crippen molar-refractivity contribution in [2.45, 2.75) is 77.8 Å². The normalized spacial score (nSPS) is 25.7. The van der Waals surface area contributed by atoms with Gasteiger partial charge < -0.3 is 10.1 Å². The predicted molar refractivity (Wildman–Crippen MR) is 74.5 cm³/mol. The molecule has 0 amide bonds. The molecule has 0 bridgehead atoms. The van der Waals surface area contributed by atoms with E-state index in [4.69, 9.17) is 4.74 Å². The molecule has 18 heavy (non-hydrogen) atoms. The zero-order valence-electron chi connectivity index (χ0n) is 12.2. The minimum Gasteiger partial charge on any atom is -0.466 e. The second kappa shape index (κ2) is 8.52. The molecule has 1 aliphatic rings. The average Bonchev–Trinajstić information content (AvgIpc) is 2.39. The van der Waals surface area contributed by atoms with Crippen LogP contribution in [0.1, 0.15) is 65.7 Å². The Labute approximate surface area is 112 Å². The SMILES string of the molecule is CCCC(CC)NC1CCC(C(=O)OCC)CC1. The van der Waals surface area contributed by atoms with Gasteiger partial charge in [0.05, 0.1) is 12.5 Å². The number of carbonyl (C=O) groups is 1. The van der Waals surface area contributed by atoms with Crippen molar-refractivity contribution in [1.82, 2.24) is 5.32 Å². The zero-order valence-corrected chi connectivity index (χ0v) is 12.2. The molecule has 0 aliphatic heterocycles. The maximum Gasteiger partial charge on any atom is 0.308 e. The summed E-state index contributed by atoms with van der Waals surface area (Å²) in [5.41, 5.74) is 0. The van der Waals surface area contributed by atoms with Gasteiger partial charge in [0, 0.05) is 12.1 Å². The summed E-state index contributed by atoms with van der Waals surface area (Å²) >= 11 is 0. The number of rotatable bonds is 7. The molecule has 1 rings (SSSR count). The van der Waals surface area contributed by atoms with Gasteiger partial charge in [-0.2, -0.15) is 0 Å². The van der Waals surface area contributed by atoms with E-state index >= 15 is 0 Å². The quantitative estimate of drug-likeness (QED) is 0.710. The van der Waals surface area contributed by atoms with Gasteiger partial charge in [-0.15, -0.1) is 0 Å². The summed E-state index contributed by atoms with van der Waals surface area (Å²) in [5, 5.41) is 3.75. The summed E-state index contributed by atoms with van der Waals surface area (Å²) in [4.78, 5) is 11.6. The standard InChI is InChI=1S/C15H29NO2/c1-4-7-13(5-2)16-14-10-8-12(9-11-14)15(17)18-6-3/h12-14,16H,4-11H2,1-3H3. The van der Waals surface area contributed by atoms with E-state index < -0.39 is 0 Å². The highest BCUT2D eigenvalue weighted by Gasteiger charge is 2.27. The molecular weight excluding hydrogens is 226 g/mol. The lowest BCUT2D eigenvalue weighted by Crippen LogP contribution is -2.41. The summed E-state index contributed by atoms with van der Waals surface area (Å²) in [5.74, 6) is 0.158. The Morgan fingerprint density at radius 2 is 1.89 bits per heavy atom. The van der Waals surface area contributed by atoms with Crippen LogP contribution in [0, 0.1) is 5.92 Å². The highest BCUT2D eigenvalue weighted by molar-refractivity contribution is 5.72. The number of carbonyl (C=O) groups excluding carboxylic acids is 1. The second-order valence-electron chi connectivity index (χ2n) is 5.36. The van der Waals surface area contributed by atoms with Crippen LogP contribution >= 0.6 is 0 Å². The minimum absolute atomic E-state index is 0.0107. The van der Waals surface area contributed by atoms with Crippen LogP contribution in [0.3, 0.4) is 0 Å². The lowest BCUT2D eigenvalue weighted by molar-refractivity contribution is -0.149. The van der Waals surface area contributed by atoms with E-state index in [1.165, 1.54) is 19.3 Å². The molecule has 1 atom stereocenters. The summed E-state index contributed by atoms with van der Waals surface area (Å²) in [6, 6.07) is 1.26. The molecule has 0 aromatic rings. The van der Waals surface area contributed by atoms with E-state index in [1.54, 1.807) is 0 Å². The molecule has 3 nitrogen and oxygen atoms in total. The van der Waals surface area contributed by atoms with Crippen molar-refractivity contribution in [3.63, 3.8) is 0 Å². The van der Waals surface area contributed by atoms with Crippen molar-refractivity contribution >= 4 is 5.97 Å². The molecule has 0 spiro atoms. The van der Waals surface area contributed by atoms with Gasteiger partial charge in [-0.3, -0.25) is 4.79 Å². The molecular formula is C15H29NO2. The van der Waals surface area contributed by atoms with Gasteiger partial charge in [-0.25, -0.2) is 0 Å². The maximum atomic E-state index is 11.6. The van der Waals surface area contributed by atoms with Crippen LogP contribution in [0.2, 0.25) is 0 Å². The Hall–Kier alpha value is -0.570. The Bertz CT molecular complexity index is 235. The molecule has 106 valence electrons. The van der Waals surface area contributed by atoms with Crippen molar-refractivity contribution < 1.29 is 9.53 Å². The van der Waals surface area contributed by atoms with Crippen LogP contribution in [0.5, 0.6) is 0 Å². The molecule has 1 saturated carbocycles. The first kappa shape index (κ1) is 15.5. The van der Waals surface area contributed by atoms with E-state index in [-0.39, 0.29) is 11.9 Å². The fourth-order valence-corrected chi connectivity index (χ4v) is 2.84. The van der Waals surface area contributed by atoms with Gasteiger partial charge in [0.25, 0.3) is 0 Å². The summed E-state index contributed by atoms with van der Waals surface area (Å²) in [6.45, 7) is 6.87. The van der Waals surface area contributed by atoms with Gasteiger partial charge in [-0.05, 0) is 45.4 Å². The highest BCUT2D eigenvalue weighted by atomic mass is 16.5. The number of hydrogen-bond acceptors (Lipinski definition) is 3. The topological polar surface area (TPSA) is 38.3 Å². The van der Waals surface area contributed by atoms with Gasteiger partial charge in [-0.1, -0.05) is 20.3 Å². The van der Waals surface area contributed by atoms with Crippen molar-refractivity contribution in [2.24, 2.45) is 5.92 Å². The van der Waals surface area contributed by atoms with E-state index in [0.717, 1.165) is 25.7 Å². The van der Waals surface area contributed by atoms with Crippen LogP contribution in [0.4, 0.5) is 0 Å². The van der Waals surface area contributed by atoms with Crippen molar-refractivity contribution in [1.29, 1.82) is 0 Å². The summed E-state index contributed by atoms with van der Waals surface area (Å²) in [7, 11) is 0. The van der Waals surface area contributed by atoms with Crippen LogP contribution in [0.15, 0.2) is 0 Å². The number of nitrogens with one attached hydrogen (secondary N) is 1. The Kier molecular flexibility index (Phi) is 7.33. The van der Waals surface area contributed by atoms with Gasteiger partial charge in [0.2, 0.25) is 0 Å². The van der Waals surface area contributed by atoms with Gasteiger partial charge in [0.1, 0.15) is 0 Å². The van der Waals surface area contributed by atoms with E-state index in [1.807, 2.05) is 6.92 Å². The summed E-state index contributed by atoms with van der Waals surface area (Å²) in [6.07, 6.45) is 7.90. The number of hydrogen-bond donors (Lipinski definition) is 1. The summed E-state index contributed by atoms with van der Waals surface area (Å²) < 4.78 is 5.10. The molecule has 0 heterocycles. The monoisotopic (exact) mass is 255 g/mol.